The summed E-state index contributed by atoms with van der Waals surface area (Å²) in [6.45, 7) is 3.93. The number of Topliss-reactive ketones (excluding diaryl/α,β-unsaturated/α-hetero) is 1. The second kappa shape index (κ2) is 9.14. The number of methoxy groups -OCH3 is 2. The predicted molar refractivity (Wildman–Crippen MR) is 102 cm³/mol. The van der Waals surface area contributed by atoms with E-state index >= 15 is 0 Å². The van der Waals surface area contributed by atoms with Gasteiger partial charge in [-0.1, -0.05) is 22.5 Å². The van der Waals surface area contributed by atoms with Gasteiger partial charge in [0.2, 0.25) is 0 Å². The van der Waals surface area contributed by atoms with Gasteiger partial charge in [-0.2, -0.15) is 0 Å². The summed E-state index contributed by atoms with van der Waals surface area (Å²) in [5, 5.41) is 0.813. The Morgan fingerprint density at radius 2 is 2.00 bits per heavy atom. The maximum atomic E-state index is 14.9. The second-order valence-electron chi connectivity index (χ2n) is 5.42. The maximum Gasteiger partial charge on any atom is 0.305 e. The largest absolute Gasteiger partial charge is 0.493 e. The van der Waals surface area contributed by atoms with Gasteiger partial charge in [0.1, 0.15) is 6.61 Å². The molecular weight excluding hydrogens is 427 g/mol. The van der Waals surface area contributed by atoms with Crippen molar-refractivity contribution in [3.05, 3.63) is 35.0 Å². The topological polar surface area (TPSA) is 61.8 Å². The minimum absolute atomic E-state index is 0.00663. The van der Waals surface area contributed by atoms with Gasteiger partial charge in [-0.05, 0) is 11.6 Å². The molecular formula is C18H18BrFO5S. The quantitative estimate of drug-likeness (QED) is 0.246. The van der Waals surface area contributed by atoms with Gasteiger partial charge in [0.05, 0.1) is 25.5 Å². The van der Waals surface area contributed by atoms with Crippen LogP contribution in [-0.2, 0) is 9.53 Å². The van der Waals surface area contributed by atoms with Gasteiger partial charge in [-0.25, -0.2) is 4.39 Å². The molecule has 0 fully saturated rings. The molecule has 5 nitrogen and oxygen atoms in total. The van der Waals surface area contributed by atoms with E-state index in [-0.39, 0.29) is 42.1 Å². The lowest BCUT2D eigenvalue weighted by atomic mass is 10.1. The number of halogens is 2. The van der Waals surface area contributed by atoms with Gasteiger partial charge in [-0.15, -0.1) is 11.3 Å². The van der Waals surface area contributed by atoms with E-state index in [0.29, 0.717) is 14.9 Å². The number of thiophene rings is 1. The number of rotatable bonds is 9. The summed E-state index contributed by atoms with van der Waals surface area (Å²) < 4.78 is 30.7. The van der Waals surface area contributed by atoms with E-state index in [2.05, 4.69) is 27.2 Å². The Balaban J connectivity index is 2.33. The van der Waals surface area contributed by atoms with Gasteiger partial charge in [0, 0.05) is 27.9 Å². The second-order valence-corrected chi connectivity index (χ2v) is 7.06. The van der Waals surface area contributed by atoms with Crippen molar-refractivity contribution < 1.29 is 28.2 Å². The molecule has 0 aliphatic rings. The molecule has 2 rings (SSSR count). The zero-order valence-electron chi connectivity index (χ0n) is 14.4. The molecule has 1 aromatic carbocycles. The van der Waals surface area contributed by atoms with Crippen LogP contribution in [0.3, 0.4) is 0 Å². The number of carbonyl (C=O) groups excluding carboxylic acids is 2. The molecule has 140 valence electrons. The molecule has 0 spiro atoms. The van der Waals surface area contributed by atoms with Crippen LogP contribution in [-0.4, -0.2) is 37.9 Å². The van der Waals surface area contributed by atoms with Crippen molar-refractivity contribution in [2.24, 2.45) is 0 Å². The first-order valence-corrected chi connectivity index (χ1v) is 9.60. The van der Waals surface area contributed by atoms with Gasteiger partial charge in [-0.3, -0.25) is 9.59 Å². The van der Waals surface area contributed by atoms with Crippen molar-refractivity contribution >= 4 is 49.1 Å². The van der Waals surface area contributed by atoms with Crippen LogP contribution in [0.2, 0.25) is 0 Å². The van der Waals surface area contributed by atoms with Crippen molar-refractivity contribution in [1.29, 1.82) is 0 Å². The van der Waals surface area contributed by atoms with E-state index < -0.39 is 11.8 Å². The van der Waals surface area contributed by atoms with Crippen LogP contribution >= 0.6 is 27.3 Å². The first-order chi connectivity index (χ1) is 12.4. The molecule has 8 heteroatoms. The molecule has 0 unspecified atom stereocenters. The summed E-state index contributed by atoms with van der Waals surface area (Å²) in [4.78, 5) is 23.8. The fourth-order valence-corrected chi connectivity index (χ4v) is 3.39. The highest BCUT2D eigenvalue weighted by atomic mass is 79.9. The third-order valence-electron chi connectivity index (χ3n) is 3.57. The average molecular weight is 445 g/mol. The number of ether oxygens (including phenoxy) is 3. The van der Waals surface area contributed by atoms with Crippen molar-refractivity contribution in [2.75, 3.05) is 26.2 Å². The fraction of sp³-hybridized carbons (Fsp3) is 0.333. The van der Waals surface area contributed by atoms with Crippen LogP contribution in [0.5, 0.6) is 11.5 Å². The third-order valence-corrected chi connectivity index (χ3v) is 5.49. The Labute approximate surface area is 162 Å². The van der Waals surface area contributed by atoms with E-state index in [9.17, 15) is 14.0 Å². The minimum Gasteiger partial charge on any atom is -0.493 e. The summed E-state index contributed by atoms with van der Waals surface area (Å²) in [6.07, 6.45) is -0.00885. The van der Waals surface area contributed by atoms with E-state index in [1.165, 1.54) is 20.3 Å². The third kappa shape index (κ3) is 4.62. The maximum absolute atomic E-state index is 14.9. The minimum atomic E-state index is -0.593. The van der Waals surface area contributed by atoms with E-state index in [4.69, 9.17) is 9.47 Å². The smallest absolute Gasteiger partial charge is 0.305 e. The zero-order chi connectivity index (χ0) is 19.3. The first-order valence-electron chi connectivity index (χ1n) is 7.66. The lowest BCUT2D eigenvalue weighted by Crippen LogP contribution is -2.04. The molecule has 0 amide bonds. The summed E-state index contributed by atoms with van der Waals surface area (Å²) in [5.74, 6) is -1.08. The van der Waals surface area contributed by atoms with Crippen LogP contribution in [0.15, 0.2) is 24.3 Å². The Morgan fingerprint density at radius 1 is 1.27 bits per heavy atom. The Bertz CT molecular complexity index is 846. The Kier molecular flexibility index (Phi) is 7.16. The van der Waals surface area contributed by atoms with Crippen LogP contribution in [0.25, 0.3) is 10.1 Å². The first kappa shape index (κ1) is 20.4. The number of fused-ring (bicyclic) bond motifs is 1. The molecule has 0 aliphatic heterocycles. The standard InChI is InChI=1S/C18H18BrFO5S/c1-10(8-19)9-25-18-13(23-2)7-14-11(17(18)20)6-15(26-14)12(21)4-5-16(22)24-3/h6-7H,1,4-5,8-9H2,2-3H3. The number of hydrogen-bond acceptors (Lipinski definition) is 6. The molecule has 0 atom stereocenters. The van der Waals surface area contributed by atoms with Crippen molar-refractivity contribution in [3.63, 3.8) is 0 Å². The van der Waals surface area contributed by atoms with Crippen LogP contribution in [0.1, 0.15) is 22.5 Å². The van der Waals surface area contributed by atoms with Crippen LogP contribution in [0, 0.1) is 5.82 Å². The number of hydrogen-bond donors (Lipinski definition) is 0. The number of alkyl halides is 1. The molecule has 0 bridgehead atoms. The average Bonchev–Trinajstić information content (AvgIpc) is 3.08. The Hall–Kier alpha value is -1.93. The molecule has 0 N–H and O–H groups in total. The molecule has 0 radical (unpaired) electrons. The zero-order valence-corrected chi connectivity index (χ0v) is 16.8. The molecule has 26 heavy (non-hydrogen) atoms. The molecule has 0 aliphatic carbocycles. The number of carbonyl (C=O) groups is 2. The summed E-state index contributed by atoms with van der Waals surface area (Å²) in [6, 6.07) is 3.10. The summed E-state index contributed by atoms with van der Waals surface area (Å²) in [7, 11) is 2.68. The Morgan fingerprint density at radius 3 is 2.62 bits per heavy atom. The van der Waals surface area contributed by atoms with Crippen LogP contribution in [0.4, 0.5) is 4.39 Å². The van der Waals surface area contributed by atoms with Crippen molar-refractivity contribution in [1.82, 2.24) is 0 Å². The highest BCUT2D eigenvalue weighted by Crippen LogP contribution is 2.40. The molecule has 0 saturated heterocycles. The summed E-state index contributed by atoms with van der Waals surface area (Å²) >= 11 is 4.40. The number of esters is 1. The monoisotopic (exact) mass is 444 g/mol. The fourth-order valence-electron chi connectivity index (χ4n) is 2.18. The SMILES string of the molecule is C=C(CBr)COc1c(OC)cc2sc(C(=O)CCC(=O)OC)cc2c1F. The summed E-state index contributed by atoms with van der Waals surface area (Å²) in [5.41, 5.74) is 0.746. The normalized spacial score (nSPS) is 10.6. The van der Waals surface area contributed by atoms with Gasteiger partial charge in [0.15, 0.2) is 23.1 Å². The van der Waals surface area contributed by atoms with E-state index in [0.717, 1.165) is 16.9 Å². The molecule has 1 heterocycles. The highest BCUT2D eigenvalue weighted by molar-refractivity contribution is 9.09. The molecule has 1 aromatic heterocycles. The molecule has 2 aromatic rings. The van der Waals surface area contributed by atoms with Crippen LogP contribution < -0.4 is 9.47 Å². The molecule has 0 saturated carbocycles. The predicted octanol–water partition coefficient (Wildman–Crippen LogP) is 4.51. The van der Waals surface area contributed by atoms with Crippen molar-refractivity contribution in [2.45, 2.75) is 12.8 Å². The lowest BCUT2D eigenvalue weighted by Gasteiger charge is -2.12. The van der Waals surface area contributed by atoms with Gasteiger partial charge < -0.3 is 14.2 Å². The highest BCUT2D eigenvalue weighted by Gasteiger charge is 2.20. The van der Waals surface area contributed by atoms with Gasteiger partial charge >= 0.3 is 5.97 Å². The van der Waals surface area contributed by atoms with E-state index in [1.807, 2.05) is 0 Å². The van der Waals surface area contributed by atoms with Crippen molar-refractivity contribution in [3.8, 4) is 11.5 Å². The van der Waals surface area contributed by atoms with Gasteiger partial charge in [0.25, 0.3) is 0 Å². The number of benzene rings is 1. The van der Waals surface area contributed by atoms with E-state index in [1.54, 1.807) is 6.07 Å². The number of ketones is 1. The lowest BCUT2D eigenvalue weighted by molar-refractivity contribution is -0.140.